The molecule has 0 aliphatic heterocycles. The summed E-state index contributed by atoms with van der Waals surface area (Å²) in [5.74, 6) is -18.5. The van der Waals surface area contributed by atoms with Gasteiger partial charge in [-0.3, -0.25) is 95.9 Å². The summed E-state index contributed by atoms with van der Waals surface area (Å²) in [5, 5.41) is 107. The Labute approximate surface area is 594 Å². The monoisotopic (exact) mass is 1540 g/mol. The molecule has 0 heterocycles. The van der Waals surface area contributed by atoms with Crippen LogP contribution in [0.1, 0.15) is 64.2 Å². The van der Waals surface area contributed by atoms with Crippen molar-refractivity contribution in [2.24, 2.45) is 28.7 Å². The molecular formula is C50H85N15O30S5. The fourth-order valence-electron chi connectivity index (χ4n) is 5.78. The molecule has 100 heavy (non-hydrogen) atoms. The first-order valence-electron chi connectivity index (χ1n) is 28.3. The number of nitrogens with two attached hydrogens (primary N) is 5. The summed E-state index contributed by atoms with van der Waals surface area (Å²) in [5.41, 5.74) is 26.1. The van der Waals surface area contributed by atoms with Gasteiger partial charge >= 0.3 is 59.7 Å². The molecule has 0 radical (unpaired) electrons. The van der Waals surface area contributed by atoms with Gasteiger partial charge in [0.15, 0.2) is 0 Å². The molecule has 0 aromatic heterocycles. The molecule has 10 atom stereocenters. The van der Waals surface area contributed by atoms with Crippen LogP contribution in [-0.4, -0.2) is 292 Å². The van der Waals surface area contributed by atoms with E-state index in [-0.39, 0.29) is 93.0 Å². The van der Waals surface area contributed by atoms with Crippen LogP contribution in [0.5, 0.6) is 0 Å². The molecule has 10 amide bonds. The Morgan fingerprint density at radius 2 is 0.360 bits per heavy atom. The lowest BCUT2D eigenvalue weighted by Crippen LogP contribution is -2.49. The summed E-state index contributed by atoms with van der Waals surface area (Å²) in [6.07, 6.45) is -1.17. The highest BCUT2D eigenvalue weighted by Gasteiger charge is 2.26. The van der Waals surface area contributed by atoms with Crippen LogP contribution in [0.4, 0.5) is 0 Å². The minimum Gasteiger partial charge on any atom is -0.480 e. The maximum Gasteiger partial charge on any atom is 0.322 e. The minimum absolute atomic E-state index is 0.0256. The highest BCUT2D eigenvalue weighted by atomic mass is 32.1. The van der Waals surface area contributed by atoms with Gasteiger partial charge in [-0.25, -0.2) is 0 Å². The third kappa shape index (κ3) is 55.9. The Bertz CT molecular complexity index is 2360. The largest absolute Gasteiger partial charge is 0.480 e. The molecule has 0 saturated carbocycles. The smallest absolute Gasteiger partial charge is 0.322 e. The van der Waals surface area contributed by atoms with E-state index in [2.05, 4.69) is 116 Å². The molecule has 30 N–H and O–H groups in total. The number of rotatable bonds is 45. The zero-order valence-electron chi connectivity index (χ0n) is 52.7. The quantitative estimate of drug-likeness (QED) is 0.0252. The van der Waals surface area contributed by atoms with E-state index in [0.717, 1.165) is 0 Å². The van der Waals surface area contributed by atoms with E-state index in [1.807, 2.05) is 0 Å². The SMILES string of the molecule is N[C@@H](CCC(=O)N[C@@H](CS)C(=O)NCC(=O)O)C(=O)O.N[C@@H](CCC(=O)N[C@@H](CS)C(=O)NCC(=O)O)C(=O)O.N[C@@H](CCC(=O)N[C@@H](CS)C(=O)NCC(=O)O)C(=O)O.N[C@@H](CCC(=O)N[C@@H](CS)C(=O)NCC(=O)O)C(=O)O.N[C@@H](CCC(=O)N[C@@H](CS)C(=O)NCC(=O)O)C(=O)O. The van der Waals surface area contributed by atoms with Crippen LogP contribution in [0, 0.1) is 0 Å². The summed E-state index contributed by atoms with van der Waals surface area (Å²) in [6.45, 7) is -2.83. The maximum atomic E-state index is 11.5. The molecule has 0 bridgehead atoms. The van der Waals surface area contributed by atoms with Crippen LogP contribution in [0.15, 0.2) is 0 Å². The fourth-order valence-corrected chi connectivity index (χ4v) is 7.07. The van der Waals surface area contributed by atoms with Crippen LogP contribution in [-0.2, 0) is 95.9 Å². The molecule has 50 heteroatoms. The Morgan fingerprint density at radius 1 is 0.240 bits per heavy atom. The molecule has 570 valence electrons. The number of nitrogens with one attached hydrogen (secondary N) is 10. The first-order valence-corrected chi connectivity index (χ1v) is 31.4. The number of carboxylic acids is 10. The van der Waals surface area contributed by atoms with Gasteiger partial charge in [0, 0.05) is 60.9 Å². The highest BCUT2D eigenvalue weighted by Crippen LogP contribution is 2.03. The van der Waals surface area contributed by atoms with Gasteiger partial charge in [-0.05, 0) is 32.1 Å². The number of aliphatic carboxylic acids is 10. The summed E-state index contributed by atoms with van der Waals surface area (Å²) < 4.78 is 0. The van der Waals surface area contributed by atoms with Gasteiger partial charge in [0.25, 0.3) is 0 Å². The Hall–Kier alpha value is -9.05. The second-order valence-corrected chi connectivity index (χ2v) is 21.3. The van der Waals surface area contributed by atoms with E-state index in [1.165, 1.54) is 0 Å². The van der Waals surface area contributed by atoms with Crippen LogP contribution in [0.25, 0.3) is 0 Å². The molecule has 0 saturated heterocycles. The summed E-state index contributed by atoms with van der Waals surface area (Å²) >= 11 is 19.4. The van der Waals surface area contributed by atoms with Crippen molar-refractivity contribution in [2.75, 3.05) is 61.5 Å². The fraction of sp³-hybridized carbons (Fsp3) is 0.600. The van der Waals surface area contributed by atoms with Crippen LogP contribution in [0.2, 0.25) is 0 Å². The second kappa shape index (κ2) is 57.8. The van der Waals surface area contributed by atoms with Gasteiger partial charge in [-0.15, -0.1) is 0 Å². The highest BCUT2D eigenvalue weighted by molar-refractivity contribution is 7.81. The molecule has 0 aliphatic carbocycles. The van der Waals surface area contributed by atoms with Gasteiger partial charge in [0.1, 0.15) is 93.1 Å². The van der Waals surface area contributed by atoms with Crippen molar-refractivity contribution >= 4 is 182 Å². The molecule has 0 aromatic rings. The summed E-state index contributed by atoms with van der Waals surface area (Å²) in [4.78, 5) is 219. The first-order chi connectivity index (χ1) is 46.4. The molecule has 0 aromatic carbocycles. The number of hydrogen-bond donors (Lipinski definition) is 30. The minimum atomic E-state index is -1.22. The molecule has 0 unspecified atom stereocenters. The lowest BCUT2D eigenvalue weighted by molar-refractivity contribution is -0.140. The molecule has 0 aliphatic rings. The van der Waals surface area contributed by atoms with Crippen LogP contribution in [0.3, 0.4) is 0 Å². The van der Waals surface area contributed by atoms with Gasteiger partial charge in [0.2, 0.25) is 59.1 Å². The average molecular weight is 1540 g/mol. The van der Waals surface area contributed by atoms with E-state index in [9.17, 15) is 95.9 Å². The second-order valence-electron chi connectivity index (χ2n) is 19.5. The molecule has 45 nitrogen and oxygen atoms in total. The third-order valence-corrected chi connectivity index (χ3v) is 13.1. The van der Waals surface area contributed by atoms with E-state index in [0.29, 0.717) is 0 Å². The zero-order chi connectivity index (χ0) is 78.5. The molecule has 0 rings (SSSR count). The van der Waals surface area contributed by atoms with Gasteiger partial charge in [0.05, 0.1) is 0 Å². The normalized spacial score (nSPS) is 13.1. The van der Waals surface area contributed by atoms with E-state index in [1.54, 1.807) is 0 Å². The van der Waals surface area contributed by atoms with Crippen molar-refractivity contribution in [2.45, 2.75) is 125 Å². The van der Waals surface area contributed by atoms with Crippen molar-refractivity contribution in [3.05, 3.63) is 0 Å². The predicted molar refractivity (Wildman–Crippen MR) is 356 cm³/mol. The number of amides is 10. The number of carbonyl (C=O) groups excluding carboxylic acids is 10. The predicted octanol–water partition coefficient (Wildman–Crippen LogP) is -11.0. The average Bonchev–Trinajstić information content (AvgIpc) is 0.982. The Balaban J connectivity index is -0.000000376. The van der Waals surface area contributed by atoms with E-state index < -0.39 is 212 Å². The van der Waals surface area contributed by atoms with Crippen LogP contribution < -0.4 is 81.8 Å². The van der Waals surface area contributed by atoms with E-state index >= 15 is 0 Å². The van der Waals surface area contributed by atoms with E-state index in [4.69, 9.17) is 79.7 Å². The number of thiol groups is 5. The van der Waals surface area contributed by atoms with Crippen molar-refractivity contribution < 1.29 is 147 Å². The first kappa shape index (κ1) is 99.6. The molecule has 0 spiro atoms. The van der Waals surface area contributed by atoms with Gasteiger partial charge in [-0.1, -0.05) is 0 Å². The number of carboxylic acid groups (broad SMARTS) is 10. The van der Waals surface area contributed by atoms with Gasteiger partial charge in [-0.2, -0.15) is 63.1 Å². The van der Waals surface area contributed by atoms with Crippen molar-refractivity contribution in [1.82, 2.24) is 53.2 Å². The lowest BCUT2D eigenvalue weighted by Gasteiger charge is -2.16. The zero-order valence-corrected chi connectivity index (χ0v) is 57.1. The number of carbonyl (C=O) groups is 20. The molecular weight excluding hydrogens is 1450 g/mol. The summed E-state index contributed by atoms with van der Waals surface area (Å²) in [7, 11) is 0. The maximum absolute atomic E-state index is 11.5. The lowest BCUT2D eigenvalue weighted by atomic mass is 10.1. The standard InChI is InChI=1S/5C10H17N3O6S/c5*11-5(10(18)19)1-2-7(14)13-6(4-20)9(17)12-3-8(15)16/h5*5-6,20H,1-4,11H2,(H,12,17)(H,13,14)(H,15,16)(H,18,19)/t5*5-,6-/m00000/s1. The Kier molecular flexibility index (Phi) is 57.6. The third-order valence-electron chi connectivity index (χ3n) is 11.2. The molecule has 0 fully saturated rings. The van der Waals surface area contributed by atoms with Gasteiger partial charge < -0.3 is 133 Å². The van der Waals surface area contributed by atoms with Crippen LogP contribution >= 0.6 is 63.1 Å². The summed E-state index contributed by atoms with van der Waals surface area (Å²) in [6, 6.07) is -10.8. The van der Waals surface area contributed by atoms with Crippen molar-refractivity contribution in [3.8, 4) is 0 Å². The van der Waals surface area contributed by atoms with Crippen molar-refractivity contribution in [3.63, 3.8) is 0 Å². The number of hydrogen-bond acceptors (Lipinski definition) is 30. The Morgan fingerprint density at radius 3 is 0.450 bits per heavy atom. The van der Waals surface area contributed by atoms with Crippen molar-refractivity contribution in [1.29, 1.82) is 0 Å². The topological polar surface area (TPSA) is 794 Å².